The van der Waals surface area contributed by atoms with Crippen LogP contribution in [0, 0.1) is 0 Å². The molecule has 18 heavy (non-hydrogen) atoms. The van der Waals surface area contributed by atoms with Gasteiger partial charge in [-0.3, -0.25) is 0 Å². The second-order valence-electron chi connectivity index (χ2n) is 8.30. The Morgan fingerprint density at radius 1 is 0.667 bits per heavy atom. The highest BCUT2D eigenvalue weighted by atomic mass is 29.3. The summed E-state index contributed by atoms with van der Waals surface area (Å²) in [6.07, 6.45) is 0. The topological polar surface area (TPSA) is 0 Å². The van der Waals surface area contributed by atoms with Crippen molar-refractivity contribution < 1.29 is 0 Å². The van der Waals surface area contributed by atoms with E-state index in [0.29, 0.717) is 10.1 Å². The fourth-order valence-electron chi connectivity index (χ4n) is 4.14. The smallest absolute Gasteiger partial charge is 0.0665 e. The van der Waals surface area contributed by atoms with Gasteiger partial charge in [-0.15, -0.1) is 0 Å². The molecule has 0 amide bonds. The normalized spacial score (nSPS) is 31.8. The third-order valence-electron chi connectivity index (χ3n) is 6.00. The zero-order chi connectivity index (χ0) is 14.0. The summed E-state index contributed by atoms with van der Waals surface area (Å²) in [4.78, 5) is 0. The Bertz CT molecular complexity index is 434. The second-order valence-corrected chi connectivity index (χ2v) is 22.9. The van der Waals surface area contributed by atoms with Crippen molar-refractivity contribution >= 4 is 25.6 Å². The highest BCUT2D eigenvalue weighted by Gasteiger charge is 2.69. The molecule has 100 valence electrons. The molecule has 0 aromatic heterocycles. The van der Waals surface area contributed by atoms with Crippen LogP contribution in [0.5, 0.6) is 0 Å². The molecule has 0 N–H and O–H groups in total. The molecule has 0 bridgehead atoms. The van der Waals surface area contributed by atoms with Crippen molar-refractivity contribution in [3.05, 3.63) is 24.3 Å². The monoisotopic (exact) mass is 276 g/mol. The van der Waals surface area contributed by atoms with E-state index >= 15 is 0 Å². The van der Waals surface area contributed by atoms with Crippen LogP contribution in [-0.2, 0) is 0 Å². The predicted molar refractivity (Wildman–Crippen MR) is 88.4 cm³/mol. The van der Waals surface area contributed by atoms with E-state index in [-0.39, 0.29) is 0 Å². The second kappa shape index (κ2) is 3.60. The summed E-state index contributed by atoms with van der Waals surface area (Å²) in [5, 5.41) is 4.44. The Morgan fingerprint density at radius 2 is 0.944 bits per heavy atom. The van der Waals surface area contributed by atoms with Crippen LogP contribution in [0.25, 0.3) is 0 Å². The molecule has 0 spiro atoms. The Kier molecular flexibility index (Phi) is 2.82. The number of rotatable bonds is 0. The van der Waals surface area contributed by atoms with Gasteiger partial charge in [0, 0.05) is 0 Å². The first-order valence-electron chi connectivity index (χ1n) is 7.08. The lowest BCUT2D eigenvalue weighted by molar-refractivity contribution is 0.704. The summed E-state index contributed by atoms with van der Waals surface area (Å²) in [5.74, 6) is 0. The lowest BCUT2D eigenvalue weighted by atomic mass is 10.2. The Labute approximate surface area is 115 Å². The summed E-state index contributed by atoms with van der Waals surface area (Å²) < 4.78 is 0. The molecule has 1 aromatic rings. The van der Waals surface area contributed by atoms with Gasteiger partial charge in [-0.2, -0.15) is 0 Å². The van der Waals surface area contributed by atoms with Crippen LogP contribution in [0.1, 0.15) is 41.5 Å². The summed E-state index contributed by atoms with van der Waals surface area (Å²) in [6.45, 7) is 20.2. The highest BCUT2D eigenvalue weighted by Crippen LogP contribution is 2.54. The molecule has 0 saturated heterocycles. The molecular formula is C16H28Si2. The number of hydrogen-bond donors (Lipinski definition) is 0. The van der Waals surface area contributed by atoms with E-state index in [4.69, 9.17) is 0 Å². The van der Waals surface area contributed by atoms with Crippen molar-refractivity contribution in [2.24, 2.45) is 0 Å². The molecule has 0 aliphatic carbocycles. The fourth-order valence-corrected chi connectivity index (χ4v) is 26.1. The van der Waals surface area contributed by atoms with E-state index in [1.54, 1.807) is 10.4 Å². The van der Waals surface area contributed by atoms with Crippen molar-refractivity contribution in [3.8, 4) is 0 Å². The van der Waals surface area contributed by atoms with Crippen molar-refractivity contribution in [2.75, 3.05) is 0 Å². The van der Waals surface area contributed by atoms with Crippen molar-refractivity contribution in [3.63, 3.8) is 0 Å². The SMILES string of the molecule is CC(C)(C)[Si@]1(C)c2ccccc2[Si@@]1(C)C(C)(C)C. The minimum atomic E-state index is -1.37. The van der Waals surface area contributed by atoms with E-state index < -0.39 is 15.2 Å². The molecule has 1 aliphatic heterocycles. The van der Waals surface area contributed by atoms with Crippen LogP contribution in [0.2, 0.25) is 23.2 Å². The van der Waals surface area contributed by atoms with Crippen molar-refractivity contribution in [1.82, 2.24) is 0 Å². The Hall–Kier alpha value is -0.346. The molecule has 0 nitrogen and oxygen atoms in total. The van der Waals surface area contributed by atoms with Gasteiger partial charge in [0.05, 0.1) is 15.2 Å². The Morgan fingerprint density at radius 3 is 1.17 bits per heavy atom. The van der Waals surface area contributed by atoms with Crippen molar-refractivity contribution in [2.45, 2.75) is 64.7 Å². The molecule has 2 rings (SSSR count). The maximum absolute atomic E-state index is 2.66. The maximum atomic E-state index is 2.66. The standard InChI is InChI=1S/C16H28Si2/c1-15(2,3)17(7)13-11-9-10-12-14(13)18(17,8)16(4,5)6/h9-12H,1-8H3/t17-,18-/m0/s1. The Balaban J connectivity index is 2.75. The zero-order valence-electron chi connectivity index (χ0n) is 13.3. The molecule has 0 unspecified atom stereocenters. The predicted octanol–water partition coefficient (Wildman–Crippen LogP) is 3.95. The van der Waals surface area contributed by atoms with Crippen LogP contribution in [-0.4, -0.2) is 15.2 Å². The largest absolute Gasteiger partial charge is 0.0879 e. The van der Waals surface area contributed by atoms with Gasteiger partial charge in [0.25, 0.3) is 0 Å². The lowest BCUT2D eigenvalue weighted by Crippen LogP contribution is -2.92. The molecule has 0 radical (unpaired) electrons. The first-order chi connectivity index (χ1) is 7.98. The van der Waals surface area contributed by atoms with Crippen LogP contribution >= 0.6 is 0 Å². The molecule has 1 heterocycles. The number of benzene rings is 1. The minimum Gasteiger partial charge on any atom is -0.0665 e. The van der Waals surface area contributed by atoms with Gasteiger partial charge in [-0.1, -0.05) is 89.3 Å². The molecule has 2 atom stereocenters. The van der Waals surface area contributed by atoms with Crippen molar-refractivity contribution in [1.29, 1.82) is 0 Å². The first kappa shape index (κ1) is 14.1. The first-order valence-corrected chi connectivity index (χ1v) is 13.1. The van der Waals surface area contributed by atoms with Gasteiger partial charge in [0.2, 0.25) is 0 Å². The highest BCUT2D eigenvalue weighted by molar-refractivity contribution is 7.59. The summed E-state index contributed by atoms with van der Waals surface area (Å²) in [7, 11) is -2.74. The molecule has 0 saturated carbocycles. The summed E-state index contributed by atoms with van der Waals surface area (Å²) in [6, 6.07) is 9.33. The molecule has 1 aliphatic rings. The molecular weight excluding hydrogens is 248 g/mol. The van der Waals surface area contributed by atoms with Gasteiger partial charge in [-0.25, -0.2) is 0 Å². The molecule has 0 fully saturated rings. The van der Waals surface area contributed by atoms with E-state index in [0.717, 1.165) is 0 Å². The molecule has 2 heteroatoms. The van der Waals surface area contributed by atoms with E-state index in [2.05, 4.69) is 78.9 Å². The number of hydrogen-bond acceptors (Lipinski definition) is 0. The zero-order valence-corrected chi connectivity index (χ0v) is 15.3. The van der Waals surface area contributed by atoms with Gasteiger partial charge in [0.1, 0.15) is 0 Å². The fraction of sp³-hybridized carbons (Fsp3) is 0.625. The van der Waals surface area contributed by atoms with Gasteiger partial charge in [-0.05, 0) is 10.1 Å². The minimum absolute atomic E-state index is 0.468. The van der Waals surface area contributed by atoms with Gasteiger partial charge < -0.3 is 0 Å². The quantitative estimate of drug-likeness (QED) is 0.630. The third kappa shape index (κ3) is 1.36. The van der Waals surface area contributed by atoms with Gasteiger partial charge in [0.15, 0.2) is 0 Å². The lowest BCUT2D eigenvalue weighted by Gasteiger charge is -2.66. The summed E-state index contributed by atoms with van der Waals surface area (Å²) >= 11 is 0. The van der Waals surface area contributed by atoms with E-state index in [1.165, 1.54) is 0 Å². The average Bonchev–Trinajstić information content (AvgIpc) is 2.24. The van der Waals surface area contributed by atoms with Crippen LogP contribution in [0.15, 0.2) is 24.3 Å². The maximum Gasteiger partial charge on any atom is 0.0879 e. The van der Waals surface area contributed by atoms with Crippen LogP contribution in [0.4, 0.5) is 0 Å². The number of fused-ring (bicyclic) bond motifs is 1. The summed E-state index contributed by atoms with van der Waals surface area (Å²) in [5.41, 5.74) is 0. The van der Waals surface area contributed by atoms with Crippen LogP contribution < -0.4 is 10.4 Å². The average molecular weight is 277 g/mol. The van der Waals surface area contributed by atoms with E-state index in [9.17, 15) is 0 Å². The third-order valence-corrected chi connectivity index (χ3v) is 29.4. The van der Waals surface area contributed by atoms with Crippen LogP contribution in [0.3, 0.4) is 0 Å². The van der Waals surface area contributed by atoms with E-state index in [1.807, 2.05) is 0 Å². The van der Waals surface area contributed by atoms with Gasteiger partial charge >= 0.3 is 0 Å². The molecule has 1 aromatic carbocycles.